The lowest BCUT2D eigenvalue weighted by atomic mass is 9.92. The molecule has 6 heteroatoms. The Morgan fingerprint density at radius 3 is 1.24 bits per heavy atom. The number of nitrogens with one attached hydrogen (secondary N) is 2. The van der Waals surface area contributed by atoms with Crippen LogP contribution in [0.1, 0.15) is 23.2 Å². The molecule has 2 N–H and O–H groups in total. The van der Waals surface area contributed by atoms with E-state index in [4.69, 9.17) is 32.7 Å². The molecule has 0 bridgehead atoms. The number of rotatable bonds is 9. The van der Waals surface area contributed by atoms with E-state index in [0.29, 0.717) is 10.0 Å². The van der Waals surface area contributed by atoms with Crippen molar-refractivity contribution < 1.29 is 9.47 Å². The molecule has 0 saturated heterocycles. The third-order valence-electron chi connectivity index (χ3n) is 5.63. The van der Waals surface area contributed by atoms with Gasteiger partial charge < -0.3 is 20.1 Å². The fourth-order valence-electron chi connectivity index (χ4n) is 3.92. The first-order chi connectivity index (χ1) is 16.6. The molecule has 2 atom stereocenters. The van der Waals surface area contributed by atoms with E-state index in [-0.39, 0.29) is 12.1 Å². The summed E-state index contributed by atoms with van der Waals surface area (Å²) < 4.78 is 11.2. The summed E-state index contributed by atoms with van der Waals surface area (Å²) in [6.45, 7) is 0. The number of methoxy groups -OCH3 is 2. The van der Waals surface area contributed by atoms with Crippen molar-refractivity contribution in [1.29, 1.82) is 0 Å². The Bertz CT molecular complexity index is 1120. The predicted octanol–water partition coefficient (Wildman–Crippen LogP) is 8.02. The summed E-state index contributed by atoms with van der Waals surface area (Å²) in [5.41, 5.74) is 3.87. The van der Waals surface area contributed by atoms with E-state index in [2.05, 4.69) is 10.6 Å². The average Bonchev–Trinajstić information content (AvgIpc) is 2.88. The first-order valence-electron chi connectivity index (χ1n) is 10.9. The highest BCUT2D eigenvalue weighted by molar-refractivity contribution is 6.30. The Balaban J connectivity index is 1.84. The molecule has 4 aromatic carbocycles. The van der Waals surface area contributed by atoms with E-state index < -0.39 is 0 Å². The molecule has 0 radical (unpaired) electrons. The second-order valence-electron chi connectivity index (χ2n) is 7.75. The molecule has 0 spiro atoms. The summed E-state index contributed by atoms with van der Waals surface area (Å²) in [5, 5.41) is 8.76. The van der Waals surface area contributed by atoms with E-state index in [1.54, 1.807) is 14.2 Å². The minimum absolute atomic E-state index is 0.195. The van der Waals surface area contributed by atoms with Crippen LogP contribution in [0, 0.1) is 0 Å². The zero-order chi connectivity index (χ0) is 23.9. The summed E-state index contributed by atoms with van der Waals surface area (Å²) in [5.74, 6) is 1.52. The standard InChI is InChI=1S/C28H26Cl2N2O2/c1-33-25-9-5-3-7-23(25)31-27(19-11-15-21(29)16-12-19)28(20-13-17-22(30)18-14-20)32-24-8-4-6-10-26(24)34-2/h3-18,27-28,31-32H,1-2H3/t27-,28-/m1/s1. The number of anilines is 2. The normalized spacial score (nSPS) is 12.5. The van der Waals surface area contributed by atoms with Crippen molar-refractivity contribution >= 4 is 34.6 Å². The summed E-state index contributed by atoms with van der Waals surface area (Å²) in [4.78, 5) is 0. The summed E-state index contributed by atoms with van der Waals surface area (Å²) >= 11 is 12.4. The van der Waals surface area contributed by atoms with Gasteiger partial charge in [0.1, 0.15) is 11.5 Å². The summed E-state index contributed by atoms with van der Waals surface area (Å²) in [6.07, 6.45) is 0. The molecule has 174 valence electrons. The summed E-state index contributed by atoms with van der Waals surface area (Å²) in [7, 11) is 3.34. The lowest BCUT2D eigenvalue weighted by Gasteiger charge is -2.32. The molecule has 0 saturated carbocycles. The molecule has 0 heterocycles. The van der Waals surface area contributed by atoms with Gasteiger partial charge in [0.25, 0.3) is 0 Å². The molecule has 4 rings (SSSR count). The molecule has 0 aliphatic heterocycles. The van der Waals surface area contributed by atoms with Gasteiger partial charge in [0.2, 0.25) is 0 Å². The summed E-state index contributed by atoms with van der Waals surface area (Å²) in [6, 6.07) is 31.1. The molecular weight excluding hydrogens is 467 g/mol. The number of ether oxygens (including phenoxy) is 2. The third-order valence-corrected chi connectivity index (χ3v) is 6.13. The third kappa shape index (κ3) is 5.58. The minimum Gasteiger partial charge on any atom is -0.495 e. The van der Waals surface area contributed by atoms with Crippen LogP contribution in [-0.2, 0) is 0 Å². The quantitative estimate of drug-likeness (QED) is 0.248. The van der Waals surface area contributed by atoms with Gasteiger partial charge in [0.05, 0.1) is 37.7 Å². The molecule has 34 heavy (non-hydrogen) atoms. The van der Waals surface area contributed by atoms with Crippen LogP contribution in [0.2, 0.25) is 10.0 Å². The zero-order valence-corrected chi connectivity index (χ0v) is 20.5. The second-order valence-corrected chi connectivity index (χ2v) is 8.62. The zero-order valence-electron chi connectivity index (χ0n) is 19.0. The number of halogens is 2. The van der Waals surface area contributed by atoms with E-state index in [1.165, 1.54) is 0 Å². The van der Waals surface area contributed by atoms with Gasteiger partial charge >= 0.3 is 0 Å². The van der Waals surface area contributed by atoms with Crippen LogP contribution in [0.5, 0.6) is 11.5 Å². The van der Waals surface area contributed by atoms with Crippen molar-refractivity contribution in [2.45, 2.75) is 12.1 Å². The molecule has 0 aliphatic carbocycles. The minimum atomic E-state index is -0.195. The van der Waals surface area contributed by atoms with Crippen LogP contribution < -0.4 is 20.1 Å². The van der Waals surface area contributed by atoms with Crippen molar-refractivity contribution in [2.24, 2.45) is 0 Å². The Hall–Kier alpha value is -3.34. The maximum atomic E-state index is 6.22. The Morgan fingerprint density at radius 2 is 0.882 bits per heavy atom. The van der Waals surface area contributed by atoms with E-state index in [1.807, 2.05) is 97.1 Å². The van der Waals surface area contributed by atoms with E-state index in [9.17, 15) is 0 Å². The van der Waals surface area contributed by atoms with Crippen LogP contribution in [0.3, 0.4) is 0 Å². The van der Waals surface area contributed by atoms with Crippen molar-refractivity contribution in [3.8, 4) is 11.5 Å². The van der Waals surface area contributed by atoms with Crippen molar-refractivity contribution in [3.63, 3.8) is 0 Å². The van der Waals surface area contributed by atoms with E-state index >= 15 is 0 Å². The molecule has 4 nitrogen and oxygen atoms in total. The first kappa shape index (κ1) is 23.8. The number of benzene rings is 4. The molecule has 0 fully saturated rings. The van der Waals surface area contributed by atoms with Crippen LogP contribution >= 0.6 is 23.2 Å². The predicted molar refractivity (Wildman–Crippen MR) is 142 cm³/mol. The van der Waals surface area contributed by atoms with Crippen LogP contribution in [0.4, 0.5) is 11.4 Å². The highest BCUT2D eigenvalue weighted by atomic mass is 35.5. The van der Waals surface area contributed by atoms with Crippen molar-refractivity contribution in [2.75, 3.05) is 24.9 Å². The van der Waals surface area contributed by atoms with Crippen LogP contribution in [0.25, 0.3) is 0 Å². The molecule has 0 amide bonds. The van der Waals surface area contributed by atoms with Gasteiger partial charge in [-0.1, -0.05) is 71.7 Å². The highest BCUT2D eigenvalue weighted by Crippen LogP contribution is 2.39. The fraction of sp³-hybridized carbons (Fsp3) is 0.143. The van der Waals surface area contributed by atoms with Crippen molar-refractivity contribution in [3.05, 3.63) is 118 Å². The van der Waals surface area contributed by atoms with Gasteiger partial charge in [-0.25, -0.2) is 0 Å². The maximum Gasteiger partial charge on any atom is 0.141 e. The molecule has 0 unspecified atom stereocenters. The number of para-hydroxylation sites is 4. The van der Waals surface area contributed by atoms with E-state index in [0.717, 1.165) is 34.0 Å². The topological polar surface area (TPSA) is 42.5 Å². The maximum absolute atomic E-state index is 6.22. The van der Waals surface area contributed by atoms with Gasteiger partial charge in [-0.2, -0.15) is 0 Å². The Kier molecular flexibility index (Phi) is 7.84. The average molecular weight is 493 g/mol. The smallest absolute Gasteiger partial charge is 0.141 e. The van der Waals surface area contributed by atoms with Gasteiger partial charge in [0, 0.05) is 10.0 Å². The second kappa shape index (κ2) is 11.2. The van der Waals surface area contributed by atoms with Crippen LogP contribution in [0.15, 0.2) is 97.1 Å². The van der Waals surface area contributed by atoms with Gasteiger partial charge in [-0.3, -0.25) is 0 Å². The molecule has 0 aliphatic rings. The first-order valence-corrected chi connectivity index (χ1v) is 11.6. The number of hydrogen-bond acceptors (Lipinski definition) is 4. The Labute approximate surface area is 210 Å². The van der Waals surface area contributed by atoms with Gasteiger partial charge in [-0.15, -0.1) is 0 Å². The monoisotopic (exact) mass is 492 g/mol. The Morgan fingerprint density at radius 1 is 0.529 bits per heavy atom. The lowest BCUT2D eigenvalue weighted by Crippen LogP contribution is -2.26. The molecular formula is C28H26Cl2N2O2. The molecule has 0 aromatic heterocycles. The lowest BCUT2D eigenvalue weighted by molar-refractivity contribution is 0.414. The highest BCUT2D eigenvalue weighted by Gasteiger charge is 2.27. The SMILES string of the molecule is COc1ccccc1N[C@H](c1ccc(Cl)cc1)[C@H](Nc1ccccc1OC)c1ccc(Cl)cc1. The van der Waals surface area contributed by atoms with Gasteiger partial charge in [-0.05, 0) is 59.7 Å². The van der Waals surface area contributed by atoms with Gasteiger partial charge in [0.15, 0.2) is 0 Å². The van der Waals surface area contributed by atoms with Crippen LogP contribution in [-0.4, -0.2) is 14.2 Å². The van der Waals surface area contributed by atoms with Crippen molar-refractivity contribution in [1.82, 2.24) is 0 Å². The molecule has 4 aromatic rings. The number of hydrogen-bond donors (Lipinski definition) is 2. The fourth-order valence-corrected chi connectivity index (χ4v) is 4.17. The largest absolute Gasteiger partial charge is 0.495 e.